The summed E-state index contributed by atoms with van der Waals surface area (Å²) in [6, 6.07) is 10.4. The third-order valence-electron chi connectivity index (χ3n) is 5.57. The summed E-state index contributed by atoms with van der Waals surface area (Å²) in [6.45, 7) is -1.56. The minimum atomic E-state index is -3.94. The van der Waals surface area contributed by atoms with E-state index >= 15 is 0 Å². The van der Waals surface area contributed by atoms with Crippen LogP contribution in [0, 0.1) is 22.7 Å². The van der Waals surface area contributed by atoms with Crippen molar-refractivity contribution in [1.29, 1.82) is 10.5 Å². The smallest absolute Gasteiger partial charge is 0.387 e. The Hall–Kier alpha value is -3.54. The highest BCUT2D eigenvalue weighted by Gasteiger charge is 2.29. The van der Waals surface area contributed by atoms with Crippen molar-refractivity contribution in [2.45, 2.75) is 49.8 Å². The molecule has 3 aromatic rings. The van der Waals surface area contributed by atoms with E-state index < -0.39 is 22.7 Å². The van der Waals surface area contributed by atoms with Crippen LogP contribution in [-0.4, -0.2) is 30.6 Å². The molecule has 0 saturated heterocycles. The maximum Gasteiger partial charge on any atom is 0.387 e. The maximum atomic E-state index is 12.7. The van der Waals surface area contributed by atoms with Gasteiger partial charge in [-0.3, -0.25) is 4.98 Å². The normalized spacial score (nSPS) is 15.1. The van der Waals surface area contributed by atoms with Gasteiger partial charge in [0, 0.05) is 23.7 Å². The lowest BCUT2D eigenvalue weighted by atomic mass is 9.92. The number of nitriles is 2. The fourth-order valence-corrected chi connectivity index (χ4v) is 4.95. The van der Waals surface area contributed by atoms with Crippen LogP contribution in [-0.2, 0) is 10.0 Å². The summed E-state index contributed by atoms with van der Waals surface area (Å²) >= 11 is 0. The molecule has 1 N–H and O–H groups in total. The molecular weight excluding hydrogens is 452 g/mol. The lowest BCUT2D eigenvalue weighted by Gasteiger charge is -2.30. The molecule has 8 nitrogen and oxygen atoms in total. The number of nitrogens with zero attached hydrogens (tertiary/aromatic N) is 4. The SMILES string of the molecule is CC(C#N)NS(=O)(=O)c1ccc(-c2c(C#N)c3ccc(OC(F)F)cc3n2C2CCC2)nc1. The summed E-state index contributed by atoms with van der Waals surface area (Å²) in [6.07, 6.45) is 3.86. The highest BCUT2D eigenvalue weighted by molar-refractivity contribution is 7.89. The van der Waals surface area contributed by atoms with E-state index in [1.807, 2.05) is 4.57 Å². The van der Waals surface area contributed by atoms with Crippen molar-refractivity contribution in [3.05, 3.63) is 42.1 Å². The van der Waals surface area contributed by atoms with Crippen LogP contribution in [0.15, 0.2) is 41.4 Å². The van der Waals surface area contributed by atoms with E-state index in [0.29, 0.717) is 27.9 Å². The van der Waals surface area contributed by atoms with Crippen LogP contribution in [0.3, 0.4) is 0 Å². The number of alkyl halides is 2. The van der Waals surface area contributed by atoms with Gasteiger partial charge in [-0.1, -0.05) is 0 Å². The molecule has 4 rings (SSSR count). The third-order valence-corrected chi connectivity index (χ3v) is 7.09. The number of sulfonamides is 1. The molecule has 1 atom stereocenters. The van der Waals surface area contributed by atoms with Crippen LogP contribution in [0.4, 0.5) is 8.78 Å². The number of hydrogen-bond donors (Lipinski definition) is 1. The zero-order valence-electron chi connectivity index (χ0n) is 17.5. The molecule has 11 heteroatoms. The van der Waals surface area contributed by atoms with Crippen molar-refractivity contribution in [1.82, 2.24) is 14.3 Å². The van der Waals surface area contributed by atoms with Gasteiger partial charge in [0.05, 0.1) is 28.5 Å². The molecule has 2 aromatic heterocycles. The number of pyridine rings is 1. The number of aromatic nitrogens is 2. The summed E-state index contributed by atoms with van der Waals surface area (Å²) in [7, 11) is -3.94. The first-order valence-corrected chi connectivity index (χ1v) is 11.6. The van der Waals surface area contributed by atoms with Crippen LogP contribution < -0.4 is 9.46 Å². The third kappa shape index (κ3) is 4.25. The highest BCUT2D eigenvalue weighted by atomic mass is 32.2. The molecule has 1 saturated carbocycles. The fourth-order valence-electron chi connectivity index (χ4n) is 3.86. The summed E-state index contributed by atoms with van der Waals surface area (Å²) in [5, 5.41) is 19.3. The Morgan fingerprint density at radius 1 is 1.24 bits per heavy atom. The number of hydrogen-bond acceptors (Lipinski definition) is 6. The van der Waals surface area contributed by atoms with Gasteiger partial charge in [0.15, 0.2) is 0 Å². The van der Waals surface area contributed by atoms with Gasteiger partial charge in [-0.25, -0.2) is 8.42 Å². The van der Waals surface area contributed by atoms with E-state index in [4.69, 9.17) is 5.26 Å². The predicted molar refractivity (Wildman–Crippen MR) is 115 cm³/mol. The molecule has 1 aliphatic rings. The Labute approximate surface area is 189 Å². The number of benzene rings is 1. The lowest BCUT2D eigenvalue weighted by molar-refractivity contribution is -0.0497. The monoisotopic (exact) mass is 471 g/mol. The molecule has 0 bridgehead atoms. The fraction of sp³-hybridized carbons (Fsp3) is 0.318. The average molecular weight is 471 g/mol. The Morgan fingerprint density at radius 2 is 2.00 bits per heavy atom. The molecule has 0 aliphatic heterocycles. The second-order valence-corrected chi connectivity index (χ2v) is 9.41. The van der Waals surface area contributed by atoms with Gasteiger partial charge in [0.1, 0.15) is 22.8 Å². The molecule has 0 amide bonds. The zero-order valence-corrected chi connectivity index (χ0v) is 18.3. The van der Waals surface area contributed by atoms with Crippen molar-refractivity contribution in [2.24, 2.45) is 0 Å². The molecule has 1 aliphatic carbocycles. The van der Waals surface area contributed by atoms with Crippen molar-refractivity contribution in [3.8, 4) is 29.3 Å². The average Bonchev–Trinajstić information content (AvgIpc) is 3.05. The van der Waals surface area contributed by atoms with Crippen molar-refractivity contribution in [3.63, 3.8) is 0 Å². The lowest BCUT2D eigenvalue weighted by Crippen LogP contribution is -2.31. The summed E-state index contributed by atoms with van der Waals surface area (Å²) in [5.74, 6) is -0.0151. The molecule has 0 radical (unpaired) electrons. The van der Waals surface area contributed by atoms with Gasteiger partial charge in [0.2, 0.25) is 10.0 Å². The van der Waals surface area contributed by atoms with E-state index in [-0.39, 0.29) is 16.7 Å². The largest absolute Gasteiger partial charge is 0.435 e. The molecule has 2 heterocycles. The zero-order chi connectivity index (χ0) is 23.8. The molecule has 1 aromatic carbocycles. The summed E-state index contributed by atoms with van der Waals surface area (Å²) in [4.78, 5) is 4.18. The number of halogens is 2. The van der Waals surface area contributed by atoms with Crippen LogP contribution in [0.25, 0.3) is 22.3 Å². The Kier molecular flexibility index (Phi) is 6.02. The van der Waals surface area contributed by atoms with Crippen LogP contribution in [0.1, 0.15) is 37.8 Å². The van der Waals surface area contributed by atoms with Crippen molar-refractivity contribution in [2.75, 3.05) is 0 Å². The second kappa shape index (κ2) is 8.77. The van der Waals surface area contributed by atoms with Crippen LogP contribution >= 0.6 is 0 Å². The van der Waals surface area contributed by atoms with Crippen molar-refractivity contribution >= 4 is 20.9 Å². The minimum Gasteiger partial charge on any atom is -0.435 e. The first kappa shape index (κ1) is 22.6. The summed E-state index contributed by atoms with van der Waals surface area (Å²) < 4.78 is 59.0. The van der Waals surface area contributed by atoms with Crippen molar-refractivity contribution < 1.29 is 21.9 Å². The quantitative estimate of drug-likeness (QED) is 0.554. The second-order valence-electron chi connectivity index (χ2n) is 7.70. The van der Waals surface area contributed by atoms with E-state index in [2.05, 4.69) is 20.5 Å². The molecular formula is C22H19F2N5O3S. The van der Waals surface area contributed by atoms with Gasteiger partial charge >= 0.3 is 6.61 Å². The Morgan fingerprint density at radius 3 is 2.55 bits per heavy atom. The number of ether oxygens (including phenoxy) is 1. The molecule has 1 unspecified atom stereocenters. The van der Waals surface area contributed by atoms with E-state index in [9.17, 15) is 22.5 Å². The first-order chi connectivity index (χ1) is 15.7. The Balaban J connectivity index is 1.85. The van der Waals surface area contributed by atoms with E-state index in [1.54, 1.807) is 12.1 Å². The standard InChI is InChI=1S/C22H19F2N5O3S/c1-13(10-25)28-33(30,31)16-6-8-19(27-12-16)21-18(11-26)17-7-5-15(32-22(23)24)9-20(17)29(21)14-3-2-4-14/h5-9,12-14,22,28H,2-4H2,1H3. The van der Waals surface area contributed by atoms with Gasteiger partial charge in [0.25, 0.3) is 0 Å². The van der Waals surface area contributed by atoms with E-state index in [0.717, 1.165) is 25.5 Å². The molecule has 1 fully saturated rings. The molecule has 33 heavy (non-hydrogen) atoms. The predicted octanol–water partition coefficient (Wildman–Crippen LogP) is 4.09. The van der Waals surface area contributed by atoms with Gasteiger partial charge < -0.3 is 9.30 Å². The number of nitrogens with one attached hydrogen (secondary N) is 1. The number of rotatable bonds is 7. The van der Waals surface area contributed by atoms with Gasteiger partial charge in [-0.2, -0.15) is 24.0 Å². The van der Waals surface area contributed by atoms with Crippen LogP contribution in [0.2, 0.25) is 0 Å². The van der Waals surface area contributed by atoms with Gasteiger partial charge in [-0.05, 0) is 50.5 Å². The topological polar surface area (TPSA) is 121 Å². The minimum absolute atomic E-state index is 0.0151. The van der Waals surface area contributed by atoms with E-state index in [1.165, 1.54) is 31.2 Å². The first-order valence-electron chi connectivity index (χ1n) is 10.2. The molecule has 0 spiro atoms. The maximum absolute atomic E-state index is 12.7. The summed E-state index contributed by atoms with van der Waals surface area (Å²) in [5.41, 5.74) is 1.76. The number of fused-ring (bicyclic) bond motifs is 1. The highest BCUT2D eigenvalue weighted by Crippen LogP contribution is 2.43. The van der Waals surface area contributed by atoms with Crippen LogP contribution in [0.5, 0.6) is 5.75 Å². The van der Waals surface area contributed by atoms with Gasteiger partial charge in [-0.15, -0.1) is 0 Å². The Bertz CT molecular complexity index is 1380. The molecule has 170 valence electrons.